The van der Waals surface area contributed by atoms with Gasteiger partial charge in [0.15, 0.2) is 0 Å². The van der Waals surface area contributed by atoms with Gasteiger partial charge in [-0.1, -0.05) is 129 Å². The minimum Gasteiger partial charge on any atom is -0.748 e. The summed E-state index contributed by atoms with van der Waals surface area (Å²) in [4.78, 5) is 0. The van der Waals surface area contributed by atoms with Crippen LogP contribution in [0.25, 0.3) is 0 Å². The van der Waals surface area contributed by atoms with Crippen molar-refractivity contribution in [1.29, 1.82) is 0 Å². The van der Waals surface area contributed by atoms with Gasteiger partial charge in [0.25, 0.3) is 0 Å². The first-order chi connectivity index (χ1) is 15.6. The monoisotopic (exact) mass is 560 g/mol. The van der Waals surface area contributed by atoms with Crippen LogP contribution in [0.15, 0.2) is 0 Å². The van der Waals surface area contributed by atoms with Crippen molar-refractivity contribution < 1.29 is 89.2 Å². The van der Waals surface area contributed by atoms with E-state index in [0.717, 1.165) is 25.7 Å². The van der Waals surface area contributed by atoms with E-state index >= 15 is 0 Å². The molecule has 0 aliphatic heterocycles. The Morgan fingerprint density at radius 3 is 1.06 bits per heavy atom. The summed E-state index contributed by atoms with van der Waals surface area (Å²) in [6.45, 7) is 4.45. The Kier molecular flexibility index (Phi) is 40.1. The fraction of sp³-hybridized carbons (Fsp3) is 1.00. The molecule has 0 aromatic rings. The molecule has 11 heteroatoms. The minimum absolute atomic E-state index is 0. The van der Waals surface area contributed by atoms with Gasteiger partial charge in [-0.2, -0.15) is 0 Å². The molecule has 0 aliphatic rings. The predicted octanol–water partition coefficient (Wildman–Crippen LogP) is 0.845. The van der Waals surface area contributed by atoms with Crippen LogP contribution in [0.4, 0.5) is 0 Å². The molecule has 0 heterocycles. The Labute approximate surface area is 262 Å². The molecule has 0 amide bonds. The summed E-state index contributed by atoms with van der Waals surface area (Å²) in [5.41, 5.74) is 0. The zero-order chi connectivity index (χ0) is 25.3. The molecule has 0 saturated heterocycles. The first-order valence-corrected chi connectivity index (χ1v) is 16.1. The SMILES string of the molecule is CCCCCCCCCCCCOS(=O)(=O)[O-].CCCCCCCCCCCCS(=O)(=O)[O-].[Na+].[Na+]. The van der Waals surface area contributed by atoms with Crippen LogP contribution in [0.1, 0.15) is 142 Å². The Morgan fingerprint density at radius 1 is 0.486 bits per heavy atom. The van der Waals surface area contributed by atoms with E-state index in [2.05, 4.69) is 18.0 Å². The van der Waals surface area contributed by atoms with Gasteiger partial charge in [-0.05, 0) is 12.8 Å². The zero-order valence-corrected chi connectivity index (χ0v) is 28.9. The quantitative estimate of drug-likeness (QED) is 0.0785. The van der Waals surface area contributed by atoms with Crippen LogP contribution in [0.3, 0.4) is 0 Å². The molecule has 0 saturated carbocycles. The molecule has 0 radical (unpaired) electrons. The fourth-order valence-corrected chi connectivity index (χ4v) is 4.40. The predicted molar refractivity (Wildman–Crippen MR) is 134 cm³/mol. The summed E-state index contributed by atoms with van der Waals surface area (Å²) < 4.78 is 65.4. The minimum atomic E-state index is -4.48. The Balaban J connectivity index is -0.000000260. The second kappa shape index (κ2) is 32.0. The van der Waals surface area contributed by atoms with Crippen molar-refractivity contribution in [2.24, 2.45) is 0 Å². The third-order valence-electron chi connectivity index (χ3n) is 5.47. The van der Waals surface area contributed by atoms with Gasteiger partial charge in [0.05, 0.1) is 16.7 Å². The van der Waals surface area contributed by atoms with Crippen molar-refractivity contribution in [3.63, 3.8) is 0 Å². The van der Waals surface area contributed by atoms with Crippen LogP contribution in [0.5, 0.6) is 0 Å². The van der Waals surface area contributed by atoms with E-state index in [4.69, 9.17) is 0 Å². The van der Waals surface area contributed by atoms with Gasteiger partial charge in [0, 0.05) is 5.75 Å². The summed E-state index contributed by atoms with van der Waals surface area (Å²) in [6.07, 6.45) is 23.1. The Bertz CT molecular complexity index is 601. The third kappa shape index (κ3) is 49.3. The van der Waals surface area contributed by atoms with Gasteiger partial charge in [-0.15, -0.1) is 0 Å². The molecule has 0 bridgehead atoms. The Hall–Kier alpha value is 1.78. The number of unbranched alkanes of at least 4 members (excludes halogenated alkanes) is 18. The maximum absolute atomic E-state index is 10.3. The van der Waals surface area contributed by atoms with Crippen molar-refractivity contribution in [1.82, 2.24) is 0 Å². The summed E-state index contributed by atoms with van der Waals surface area (Å²) in [6, 6.07) is 0. The number of rotatable bonds is 23. The van der Waals surface area contributed by atoms with Crippen molar-refractivity contribution in [3.05, 3.63) is 0 Å². The summed E-state index contributed by atoms with van der Waals surface area (Å²) in [5, 5.41) is 0. The summed E-state index contributed by atoms with van der Waals surface area (Å²) >= 11 is 0. The van der Waals surface area contributed by atoms with E-state index in [1.54, 1.807) is 0 Å². The van der Waals surface area contributed by atoms with Crippen LogP contribution in [-0.4, -0.2) is 38.3 Å². The van der Waals surface area contributed by atoms with Crippen molar-refractivity contribution in [2.75, 3.05) is 12.4 Å². The molecule has 202 valence electrons. The topological polar surface area (TPSA) is 124 Å². The van der Waals surface area contributed by atoms with E-state index in [0.29, 0.717) is 12.8 Å². The van der Waals surface area contributed by atoms with Gasteiger partial charge in [-0.25, -0.2) is 16.8 Å². The molecule has 0 unspecified atom stereocenters. The van der Waals surface area contributed by atoms with Crippen LogP contribution >= 0.6 is 0 Å². The molecular weight excluding hydrogens is 510 g/mol. The second-order valence-corrected chi connectivity index (χ2v) is 11.4. The fourth-order valence-electron chi connectivity index (χ4n) is 3.52. The molecule has 0 N–H and O–H groups in total. The second-order valence-electron chi connectivity index (χ2n) is 8.86. The molecular formula is C24H50Na2O7S2. The Morgan fingerprint density at radius 2 is 0.771 bits per heavy atom. The molecule has 0 atom stereocenters. The van der Waals surface area contributed by atoms with Crippen LogP contribution in [-0.2, 0) is 24.7 Å². The van der Waals surface area contributed by atoms with E-state index in [-0.39, 0.29) is 71.5 Å². The van der Waals surface area contributed by atoms with Gasteiger partial charge in [0.2, 0.25) is 10.4 Å². The van der Waals surface area contributed by atoms with Crippen molar-refractivity contribution in [3.8, 4) is 0 Å². The van der Waals surface area contributed by atoms with Gasteiger partial charge in [0.1, 0.15) is 0 Å². The molecule has 0 aromatic carbocycles. The summed E-state index contributed by atoms with van der Waals surface area (Å²) in [5.74, 6) is -0.191. The average Bonchev–Trinajstić information content (AvgIpc) is 2.72. The number of hydrogen-bond acceptors (Lipinski definition) is 7. The first-order valence-electron chi connectivity index (χ1n) is 13.2. The van der Waals surface area contributed by atoms with E-state index in [1.807, 2.05) is 0 Å². The standard InChI is InChI=1S/C12H26O4S.C12H26O3S.2Na/c1-2-3-4-5-6-7-8-9-10-11-12-16-17(13,14)15;1-2-3-4-5-6-7-8-9-10-11-12-16(13,14)15;;/h2-12H2,1H3,(H,13,14,15);2-12H2,1H3,(H,13,14,15);;/q;;2*+1/p-2. The van der Waals surface area contributed by atoms with Crippen molar-refractivity contribution in [2.45, 2.75) is 142 Å². The van der Waals surface area contributed by atoms with Crippen molar-refractivity contribution >= 4 is 20.5 Å². The van der Waals surface area contributed by atoms with Gasteiger partial charge < -0.3 is 9.11 Å². The van der Waals surface area contributed by atoms with Crippen LogP contribution in [0.2, 0.25) is 0 Å². The molecule has 0 aromatic heterocycles. The van der Waals surface area contributed by atoms with E-state index < -0.39 is 20.5 Å². The van der Waals surface area contributed by atoms with E-state index in [1.165, 1.54) is 89.9 Å². The van der Waals surface area contributed by atoms with Crippen LogP contribution < -0.4 is 59.1 Å². The molecule has 0 spiro atoms. The average molecular weight is 561 g/mol. The first kappa shape index (κ1) is 43.8. The van der Waals surface area contributed by atoms with Crippen LogP contribution in [0, 0.1) is 0 Å². The molecule has 0 fully saturated rings. The van der Waals surface area contributed by atoms with E-state index in [9.17, 15) is 25.9 Å². The summed E-state index contributed by atoms with van der Waals surface area (Å²) in [7, 11) is -8.47. The normalized spacial score (nSPS) is 11.2. The molecule has 7 nitrogen and oxygen atoms in total. The maximum Gasteiger partial charge on any atom is 1.00 e. The molecule has 35 heavy (non-hydrogen) atoms. The van der Waals surface area contributed by atoms with Gasteiger partial charge >= 0.3 is 59.1 Å². The third-order valence-corrected chi connectivity index (χ3v) is 6.72. The van der Waals surface area contributed by atoms with Gasteiger partial charge in [-0.3, -0.25) is 4.18 Å². The molecule has 0 aliphatic carbocycles. The number of hydrogen-bond donors (Lipinski definition) is 0. The largest absolute Gasteiger partial charge is 1.00 e. The smallest absolute Gasteiger partial charge is 0.748 e. The molecule has 0 rings (SSSR count). The maximum atomic E-state index is 10.3. The zero-order valence-electron chi connectivity index (χ0n) is 23.2.